The fourth-order valence-electron chi connectivity index (χ4n) is 2.73. The van der Waals surface area contributed by atoms with Crippen LogP contribution in [-0.2, 0) is 0 Å². The van der Waals surface area contributed by atoms with Gasteiger partial charge in [0.05, 0.1) is 5.52 Å². The summed E-state index contributed by atoms with van der Waals surface area (Å²) in [6.45, 7) is 2.11. The van der Waals surface area contributed by atoms with Crippen molar-refractivity contribution < 1.29 is 0 Å². The summed E-state index contributed by atoms with van der Waals surface area (Å²) in [6.07, 6.45) is 3.65. The van der Waals surface area contributed by atoms with E-state index in [2.05, 4.69) is 58.3 Å². The van der Waals surface area contributed by atoms with E-state index in [1.54, 1.807) is 6.20 Å². The van der Waals surface area contributed by atoms with Gasteiger partial charge in [-0.1, -0.05) is 30.3 Å². The number of H-pyrrole nitrogens is 2. The molecule has 0 aliphatic heterocycles. The van der Waals surface area contributed by atoms with Gasteiger partial charge in [-0.25, -0.2) is 4.98 Å². The maximum atomic E-state index is 4.39. The highest BCUT2D eigenvalue weighted by Crippen LogP contribution is 2.33. The van der Waals surface area contributed by atoms with Gasteiger partial charge < -0.3 is 9.97 Å². The number of aromatic nitrogens is 3. The summed E-state index contributed by atoms with van der Waals surface area (Å²) in [5.41, 5.74) is 4.68. The molecule has 19 heavy (non-hydrogen) atoms. The number of rotatable bonds is 1. The molecule has 0 spiro atoms. The highest BCUT2D eigenvalue weighted by Gasteiger charge is 2.13. The molecule has 0 unspecified atom stereocenters. The molecule has 0 saturated carbocycles. The van der Waals surface area contributed by atoms with E-state index in [4.69, 9.17) is 0 Å². The van der Waals surface area contributed by atoms with Gasteiger partial charge in [0.15, 0.2) is 0 Å². The fourth-order valence-corrected chi connectivity index (χ4v) is 2.73. The third-order valence-corrected chi connectivity index (χ3v) is 3.63. The maximum absolute atomic E-state index is 4.39. The number of hydrogen-bond donors (Lipinski definition) is 2. The summed E-state index contributed by atoms with van der Waals surface area (Å²) in [7, 11) is 0. The zero-order valence-electron chi connectivity index (χ0n) is 10.6. The number of aromatic amines is 2. The van der Waals surface area contributed by atoms with Crippen molar-refractivity contribution in [2.45, 2.75) is 6.92 Å². The molecule has 3 heteroatoms. The fraction of sp³-hybridized carbons (Fsp3) is 0.0625. The summed E-state index contributed by atoms with van der Waals surface area (Å²) in [6, 6.07) is 12.7. The first-order valence-corrected chi connectivity index (χ1v) is 6.34. The van der Waals surface area contributed by atoms with E-state index in [0.29, 0.717) is 0 Å². The lowest BCUT2D eigenvalue weighted by Gasteiger charge is -2.04. The monoisotopic (exact) mass is 247 g/mol. The van der Waals surface area contributed by atoms with Crippen molar-refractivity contribution in [3.63, 3.8) is 0 Å². The molecule has 0 amide bonds. The van der Waals surface area contributed by atoms with Crippen LogP contribution in [0, 0.1) is 6.92 Å². The van der Waals surface area contributed by atoms with Crippen LogP contribution in [-0.4, -0.2) is 15.0 Å². The Morgan fingerprint density at radius 3 is 2.74 bits per heavy atom. The van der Waals surface area contributed by atoms with Gasteiger partial charge in [-0.05, 0) is 18.6 Å². The van der Waals surface area contributed by atoms with Crippen molar-refractivity contribution in [1.82, 2.24) is 15.0 Å². The summed E-state index contributed by atoms with van der Waals surface area (Å²) in [4.78, 5) is 11.1. The lowest BCUT2D eigenvalue weighted by Crippen LogP contribution is -1.87. The molecule has 0 fully saturated rings. The van der Waals surface area contributed by atoms with Gasteiger partial charge in [-0.15, -0.1) is 0 Å². The van der Waals surface area contributed by atoms with Crippen LogP contribution in [0.3, 0.4) is 0 Å². The Morgan fingerprint density at radius 1 is 1.00 bits per heavy atom. The van der Waals surface area contributed by atoms with Gasteiger partial charge in [0.2, 0.25) is 0 Å². The van der Waals surface area contributed by atoms with Crippen LogP contribution in [0.25, 0.3) is 33.2 Å². The van der Waals surface area contributed by atoms with Gasteiger partial charge in [0, 0.05) is 34.2 Å². The average molecular weight is 247 g/mol. The number of nitrogens with one attached hydrogen (secondary N) is 2. The topological polar surface area (TPSA) is 44.5 Å². The Labute approximate surface area is 110 Å². The molecule has 2 aromatic heterocycles. The molecule has 4 rings (SSSR count). The normalized spacial score (nSPS) is 11.4. The van der Waals surface area contributed by atoms with Crippen molar-refractivity contribution in [3.05, 3.63) is 54.4 Å². The van der Waals surface area contributed by atoms with E-state index >= 15 is 0 Å². The second kappa shape index (κ2) is 3.72. The Morgan fingerprint density at radius 2 is 1.89 bits per heavy atom. The van der Waals surface area contributed by atoms with E-state index < -0.39 is 0 Å². The highest BCUT2D eigenvalue weighted by atomic mass is 14.9. The summed E-state index contributed by atoms with van der Waals surface area (Å²) >= 11 is 0. The minimum Gasteiger partial charge on any atom is -0.354 e. The number of nitrogens with zero attached hydrogens (tertiary/aromatic N) is 1. The first-order valence-electron chi connectivity index (χ1n) is 6.34. The SMILES string of the molecule is Cc1ccc2c([nH]c3ccccc32)c1-c1ncc[nH]1. The predicted molar refractivity (Wildman–Crippen MR) is 78.1 cm³/mol. The number of fused-ring (bicyclic) bond motifs is 3. The predicted octanol–water partition coefficient (Wildman–Crippen LogP) is 4.02. The van der Waals surface area contributed by atoms with Crippen LogP contribution in [0.1, 0.15) is 5.56 Å². The first kappa shape index (κ1) is 10.4. The van der Waals surface area contributed by atoms with Crippen LogP contribution in [0.15, 0.2) is 48.8 Å². The molecule has 3 nitrogen and oxygen atoms in total. The smallest absolute Gasteiger partial charge is 0.139 e. The summed E-state index contributed by atoms with van der Waals surface area (Å²) in [5.74, 6) is 0.912. The van der Waals surface area contributed by atoms with Crippen molar-refractivity contribution in [1.29, 1.82) is 0 Å². The van der Waals surface area contributed by atoms with Crippen molar-refractivity contribution in [3.8, 4) is 11.4 Å². The second-order valence-electron chi connectivity index (χ2n) is 4.79. The minimum atomic E-state index is 0.912. The van der Waals surface area contributed by atoms with E-state index in [1.165, 1.54) is 16.3 Å². The van der Waals surface area contributed by atoms with Crippen molar-refractivity contribution in [2.24, 2.45) is 0 Å². The molecule has 0 aliphatic rings. The van der Waals surface area contributed by atoms with Gasteiger partial charge in [0.25, 0.3) is 0 Å². The van der Waals surface area contributed by atoms with Gasteiger partial charge >= 0.3 is 0 Å². The average Bonchev–Trinajstić information content (AvgIpc) is 3.05. The highest BCUT2D eigenvalue weighted by molar-refractivity contribution is 6.11. The molecule has 0 aliphatic carbocycles. The third kappa shape index (κ3) is 1.41. The Balaban J connectivity index is 2.20. The standard InChI is InChI=1S/C16H13N3/c1-10-6-7-12-11-4-2-3-5-13(11)19-15(12)14(10)16-17-8-9-18-16/h2-9,19H,1H3,(H,17,18). The van der Waals surface area contributed by atoms with E-state index in [1.807, 2.05) is 6.20 Å². The largest absolute Gasteiger partial charge is 0.354 e. The minimum absolute atomic E-state index is 0.912. The molecule has 92 valence electrons. The number of benzene rings is 2. The third-order valence-electron chi connectivity index (χ3n) is 3.63. The molecule has 2 aromatic carbocycles. The number of aryl methyl sites for hydroxylation is 1. The van der Waals surface area contributed by atoms with E-state index in [-0.39, 0.29) is 0 Å². The van der Waals surface area contributed by atoms with E-state index in [0.717, 1.165) is 22.4 Å². The van der Waals surface area contributed by atoms with Crippen LogP contribution < -0.4 is 0 Å². The molecule has 4 aromatic rings. The lowest BCUT2D eigenvalue weighted by atomic mass is 10.0. The molecule has 0 radical (unpaired) electrons. The molecule has 0 saturated heterocycles. The Bertz CT molecular complexity index is 870. The molecular formula is C16H13N3. The van der Waals surface area contributed by atoms with Crippen LogP contribution in [0.5, 0.6) is 0 Å². The van der Waals surface area contributed by atoms with Crippen molar-refractivity contribution in [2.75, 3.05) is 0 Å². The Hall–Kier alpha value is -2.55. The number of imidazole rings is 1. The summed E-state index contributed by atoms with van der Waals surface area (Å²) in [5, 5.41) is 2.50. The first-order chi connectivity index (χ1) is 9.34. The molecule has 0 bridgehead atoms. The lowest BCUT2D eigenvalue weighted by molar-refractivity contribution is 1.29. The zero-order chi connectivity index (χ0) is 12.8. The van der Waals surface area contributed by atoms with Gasteiger partial charge in [-0.3, -0.25) is 0 Å². The van der Waals surface area contributed by atoms with Crippen LogP contribution >= 0.6 is 0 Å². The molecule has 2 N–H and O–H groups in total. The zero-order valence-corrected chi connectivity index (χ0v) is 10.6. The van der Waals surface area contributed by atoms with Crippen LogP contribution in [0.4, 0.5) is 0 Å². The quantitative estimate of drug-likeness (QED) is 0.524. The van der Waals surface area contributed by atoms with Crippen molar-refractivity contribution >= 4 is 21.8 Å². The molecule has 0 atom stereocenters. The maximum Gasteiger partial charge on any atom is 0.139 e. The number of hydrogen-bond acceptors (Lipinski definition) is 1. The van der Waals surface area contributed by atoms with Crippen LogP contribution in [0.2, 0.25) is 0 Å². The Kier molecular flexibility index (Phi) is 2.03. The second-order valence-corrected chi connectivity index (χ2v) is 4.79. The van der Waals surface area contributed by atoms with E-state index in [9.17, 15) is 0 Å². The summed E-state index contributed by atoms with van der Waals surface area (Å²) < 4.78 is 0. The molecule has 2 heterocycles. The van der Waals surface area contributed by atoms with Gasteiger partial charge in [0.1, 0.15) is 5.82 Å². The number of para-hydroxylation sites is 1. The molecular weight excluding hydrogens is 234 g/mol. The van der Waals surface area contributed by atoms with Gasteiger partial charge in [-0.2, -0.15) is 0 Å².